The van der Waals surface area contributed by atoms with Gasteiger partial charge in [-0.3, -0.25) is 0 Å². The van der Waals surface area contributed by atoms with E-state index < -0.39 is 0 Å². The lowest BCUT2D eigenvalue weighted by Crippen LogP contribution is -1.99. The number of fused-ring (bicyclic) bond motifs is 1. The van der Waals surface area contributed by atoms with Crippen molar-refractivity contribution in [1.29, 1.82) is 0 Å². The van der Waals surface area contributed by atoms with Crippen LogP contribution in [-0.2, 0) is 13.0 Å². The van der Waals surface area contributed by atoms with Crippen molar-refractivity contribution in [3.8, 4) is 5.75 Å². The van der Waals surface area contributed by atoms with Gasteiger partial charge in [0, 0.05) is 11.1 Å². The van der Waals surface area contributed by atoms with Gasteiger partial charge in [-0.05, 0) is 37.7 Å². The molecule has 0 saturated carbocycles. The SMILES string of the molecule is CCOc1cccc2c1[nH]c(=S)n2Cc1ncc(CC)s1. The van der Waals surface area contributed by atoms with E-state index in [1.54, 1.807) is 11.3 Å². The summed E-state index contributed by atoms with van der Waals surface area (Å²) in [6, 6.07) is 6.00. The summed E-state index contributed by atoms with van der Waals surface area (Å²) in [7, 11) is 0. The Hall–Kier alpha value is -1.66. The highest BCUT2D eigenvalue weighted by Gasteiger charge is 2.11. The van der Waals surface area contributed by atoms with E-state index in [0.717, 1.165) is 28.2 Å². The van der Waals surface area contributed by atoms with Gasteiger partial charge in [0.05, 0.1) is 18.7 Å². The van der Waals surface area contributed by atoms with Gasteiger partial charge in [0.15, 0.2) is 4.77 Å². The number of thiazole rings is 1. The molecular weight excluding hydrogens is 302 g/mol. The molecule has 4 nitrogen and oxygen atoms in total. The van der Waals surface area contributed by atoms with Crippen molar-refractivity contribution in [2.24, 2.45) is 0 Å². The molecule has 21 heavy (non-hydrogen) atoms. The van der Waals surface area contributed by atoms with Crippen LogP contribution in [0.3, 0.4) is 0 Å². The molecule has 6 heteroatoms. The molecule has 0 aliphatic carbocycles. The highest BCUT2D eigenvalue weighted by atomic mass is 32.1. The summed E-state index contributed by atoms with van der Waals surface area (Å²) < 4.78 is 8.43. The smallest absolute Gasteiger partial charge is 0.178 e. The van der Waals surface area contributed by atoms with Crippen LogP contribution in [0.1, 0.15) is 23.7 Å². The quantitative estimate of drug-likeness (QED) is 0.718. The third-order valence-corrected chi connectivity index (χ3v) is 4.76. The zero-order valence-electron chi connectivity index (χ0n) is 12.0. The van der Waals surface area contributed by atoms with Crippen LogP contribution >= 0.6 is 23.6 Å². The first-order valence-electron chi connectivity index (χ1n) is 7.00. The average molecular weight is 319 g/mol. The highest BCUT2D eigenvalue weighted by molar-refractivity contribution is 7.71. The third-order valence-electron chi connectivity index (χ3n) is 3.32. The molecule has 0 bridgehead atoms. The molecule has 0 unspecified atom stereocenters. The lowest BCUT2D eigenvalue weighted by molar-refractivity contribution is 0.343. The lowest BCUT2D eigenvalue weighted by Gasteiger charge is -2.05. The summed E-state index contributed by atoms with van der Waals surface area (Å²) >= 11 is 7.20. The van der Waals surface area contributed by atoms with E-state index in [1.165, 1.54) is 4.88 Å². The summed E-state index contributed by atoms with van der Waals surface area (Å²) in [6.07, 6.45) is 2.97. The predicted molar refractivity (Wildman–Crippen MR) is 88.9 cm³/mol. The van der Waals surface area contributed by atoms with Crippen molar-refractivity contribution in [3.05, 3.63) is 39.1 Å². The fraction of sp³-hybridized carbons (Fsp3) is 0.333. The van der Waals surface area contributed by atoms with Crippen LogP contribution < -0.4 is 4.74 Å². The maximum atomic E-state index is 5.66. The van der Waals surface area contributed by atoms with Gasteiger partial charge >= 0.3 is 0 Å². The molecule has 0 saturated heterocycles. The van der Waals surface area contributed by atoms with Crippen molar-refractivity contribution in [2.75, 3.05) is 6.61 Å². The van der Waals surface area contributed by atoms with Crippen LogP contribution in [0.4, 0.5) is 0 Å². The predicted octanol–water partition coefficient (Wildman–Crippen LogP) is 4.16. The second kappa shape index (κ2) is 5.99. The molecule has 0 aliphatic rings. The molecule has 110 valence electrons. The molecule has 0 radical (unpaired) electrons. The van der Waals surface area contributed by atoms with Crippen LogP contribution in [0.2, 0.25) is 0 Å². The Morgan fingerprint density at radius 1 is 1.38 bits per heavy atom. The molecule has 0 fully saturated rings. The number of hydrogen-bond acceptors (Lipinski definition) is 4. The molecule has 3 aromatic rings. The first-order valence-corrected chi connectivity index (χ1v) is 8.23. The summed E-state index contributed by atoms with van der Waals surface area (Å²) in [5.41, 5.74) is 2.01. The zero-order chi connectivity index (χ0) is 14.8. The lowest BCUT2D eigenvalue weighted by atomic mass is 10.3. The van der Waals surface area contributed by atoms with Gasteiger partial charge in [0.1, 0.15) is 16.3 Å². The maximum Gasteiger partial charge on any atom is 0.178 e. The number of H-pyrrole nitrogens is 1. The van der Waals surface area contributed by atoms with Gasteiger partial charge in [0.25, 0.3) is 0 Å². The summed E-state index contributed by atoms with van der Waals surface area (Å²) in [5, 5.41) is 1.07. The molecule has 0 atom stereocenters. The van der Waals surface area contributed by atoms with E-state index in [4.69, 9.17) is 17.0 Å². The van der Waals surface area contributed by atoms with Gasteiger partial charge in [0.2, 0.25) is 0 Å². The van der Waals surface area contributed by atoms with Gasteiger partial charge in [-0.2, -0.15) is 0 Å². The Balaban J connectivity index is 2.04. The number of nitrogens with one attached hydrogen (secondary N) is 1. The Labute approximate surface area is 132 Å². The standard InChI is InChI=1S/C15H17N3OS2/c1-3-10-8-16-13(21-10)9-18-11-6-5-7-12(19-4-2)14(11)17-15(18)20/h5-8H,3-4,9H2,1-2H3,(H,17,20). The molecule has 1 N–H and O–H groups in total. The van der Waals surface area contributed by atoms with Gasteiger partial charge in [-0.15, -0.1) is 11.3 Å². The Bertz CT molecular complexity index is 816. The summed E-state index contributed by atoms with van der Waals surface area (Å²) in [5.74, 6) is 0.841. The van der Waals surface area contributed by atoms with Crippen molar-refractivity contribution in [3.63, 3.8) is 0 Å². The molecule has 0 aliphatic heterocycles. The first-order chi connectivity index (χ1) is 10.2. The average Bonchev–Trinajstić information content (AvgIpc) is 3.06. The molecular formula is C15H17N3OS2. The van der Waals surface area contributed by atoms with Gasteiger partial charge in [-0.25, -0.2) is 4.98 Å². The largest absolute Gasteiger partial charge is 0.492 e. The van der Waals surface area contributed by atoms with Crippen LogP contribution in [0.25, 0.3) is 11.0 Å². The Morgan fingerprint density at radius 3 is 2.95 bits per heavy atom. The van der Waals surface area contributed by atoms with E-state index >= 15 is 0 Å². The van der Waals surface area contributed by atoms with E-state index in [1.807, 2.05) is 25.3 Å². The fourth-order valence-electron chi connectivity index (χ4n) is 2.31. The maximum absolute atomic E-state index is 5.66. The molecule has 2 heterocycles. The molecule has 2 aromatic heterocycles. The second-order valence-corrected chi connectivity index (χ2v) is 6.26. The van der Waals surface area contributed by atoms with E-state index in [2.05, 4.69) is 27.5 Å². The Kier molecular flexibility index (Phi) is 4.07. The number of benzene rings is 1. The number of aryl methyl sites for hydroxylation is 1. The van der Waals surface area contributed by atoms with Gasteiger partial charge < -0.3 is 14.3 Å². The normalized spacial score (nSPS) is 11.1. The fourth-order valence-corrected chi connectivity index (χ4v) is 3.42. The van der Waals surface area contributed by atoms with Crippen molar-refractivity contribution >= 4 is 34.6 Å². The molecule has 1 aromatic carbocycles. The van der Waals surface area contributed by atoms with Crippen molar-refractivity contribution < 1.29 is 4.74 Å². The van der Waals surface area contributed by atoms with Gasteiger partial charge in [-0.1, -0.05) is 13.0 Å². The minimum Gasteiger partial charge on any atom is -0.492 e. The number of aromatic nitrogens is 3. The minimum atomic E-state index is 0.636. The number of nitrogens with zero attached hydrogens (tertiary/aromatic N) is 2. The van der Waals surface area contributed by atoms with Crippen LogP contribution in [0.5, 0.6) is 5.75 Å². The van der Waals surface area contributed by atoms with Crippen LogP contribution in [0, 0.1) is 4.77 Å². The second-order valence-electron chi connectivity index (χ2n) is 4.67. The number of hydrogen-bond donors (Lipinski definition) is 1. The zero-order valence-corrected chi connectivity index (χ0v) is 13.7. The van der Waals surface area contributed by atoms with E-state index in [-0.39, 0.29) is 0 Å². The van der Waals surface area contributed by atoms with Crippen LogP contribution in [0.15, 0.2) is 24.4 Å². The Morgan fingerprint density at radius 2 is 2.24 bits per heavy atom. The third kappa shape index (κ3) is 2.73. The monoisotopic (exact) mass is 319 g/mol. The number of aromatic amines is 1. The first kappa shape index (κ1) is 14.3. The van der Waals surface area contributed by atoms with Crippen molar-refractivity contribution in [1.82, 2.24) is 14.5 Å². The van der Waals surface area contributed by atoms with Crippen molar-refractivity contribution in [2.45, 2.75) is 26.8 Å². The molecule has 0 spiro atoms. The molecule has 0 amide bonds. The number of ether oxygens (including phenoxy) is 1. The topological polar surface area (TPSA) is 42.8 Å². The summed E-state index contributed by atoms with van der Waals surface area (Å²) in [4.78, 5) is 9.02. The summed E-state index contributed by atoms with van der Waals surface area (Å²) in [6.45, 7) is 5.45. The van der Waals surface area contributed by atoms with Crippen LogP contribution in [-0.4, -0.2) is 21.1 Å². The number of rotatable bonds is 5. The number of para-hydroxylation sites is 1. The highest BCUT2D eigenvalue weighted by Crippen LogP contribution is 2.26. The van der Waals surface area contributed by atoms with E-state index in [0.29, 0.717) is 17.9 Å². The minimum absolute atomic E-state index is 0.636. The van der Waals surface area contributed by atoms with E-state index in [9.17, 15) is 0 Å². The number of imidazole rings is 1. The molecule has 3 rings (SSSR count).